The van der Waals surface area contributed by atoms with E-state index >= 15 is 0 Å². The second-order valence-electron chi connectivity index (χ2n) is 8.51. The quantitative estimate of drug-likeness (QED) is 0.489. The van der Waals surface area contributed by atoms with Gasteiger partial charge >= 0.3 is 5.97 Å². The lowest BCUT2D eigenvalue weighted by Crippen LogP contribution is -2.14. The van der Waals surface area contributed by atoms with Crippen molar-refractivity contribution in [1.82, 2.24) is 0 Å². The van der Waals surface area contributed by atoms with Gasteiger partial charge in [0.1, 0.15) is 0 Å². The number of carbonyl (C=O) groups is 1. The van der Waals surface area contributed by atoms with Crippen LogP contribution in [0.3, 0.4) is 0 Å². The predicted molar refractivity (Wildman–Crippen MR) is 112 cm³/mol. The maximum absolute atomic E-state index is 12.0. The molecule has 1 saturated carbocycles. The van der Waals surface area contributed by atoms with Gasteiger partial charge in [-0.15, -0.1) is 0 Å². The normalized spacial score (nSPS) is 25.7. The molecular formula is C25H36O2. The number of rotatable bonds is 7. The lowest BCUT2D eigenvalue weighted by molar-refractivity contribution is -0.139. The van der Waals surface area contributed by atoms with E-state index < -0.39 is 0 Å². The molecule has 0 amide bonds. The summed E-state index contributed by atoms with van der Waals surface area (Å²) in [5.41, 5.74) is 3.83. The van der Waals surface area contributed by atoms with Gasteiger partial charge in [0, 0.05) is 5.57 Å². The first-order valence-corrected chi connectivity index (χ1v) is 11.2. The Balaban J connectivity index is 1.53. The largest absolute Gasteiger partial charge is 0.462 e. The summed E-state index contributed by atoms with van der Waals surface area (Å²) in [6, 6.07) is 9.42. The summed E-state index contributed by atoms with van der Waals surface area (Å²) in [5.74, 6) is 2.17. The molecule has 2 aliphatic carbocycles. The molecule has 27 heavy (non-hydrogen) atoms. The Morgan fingerprint density at radius 2 is 1.59 bits per heavy atom. The molecule has 0 aliphatic heterocycles. The van der Waals surface area contributed by atoms with Crippen molar-refractivity contribution in [2.75, 3.05) is 6.61 Å². The van der Waals surface area contributed by atoms with E-state index in [1.165, 1.54) is 49.7 Å². The molecule has 3 rings (SSSR count). The molecule has 0 heterocycles. The average molecular weight is 369 g/mol. The van der Waals surface area contributed by atoms with Gasteiger partial charge in [0.05, 0.1) is 6.61 Å². The molecule has 2 nitrogen and oxygen atoms in total. The Labute approximate surface area is 165 Å². The van der Waals surface area contributed by atoms with Gasteiger partial charge in [-0.25, -0.2) is 4.79 Å². The molecular weight excluding hydrogens is 332 g/mol. The summed E-state index contributed by atoms with van der Waals surface area (Å²) >= 11 is 0. The third-order valence-corrected chi connectivity index (χ3v) is 6.53. The van der Waals surface area contributed by atoms with Gasteiger partial charge in [0.25, 0.3) is 0 Å². The van der Waals surface area contributed by atoms with E-state index in [0.29, 0.717) is 12.5 Å². The molecule has 0 saturated heterocycles. The number of ether oxygens (including phenoxy) is 1. The number of esters is 1. The minimum absolute atomic E-state index is 0.107. The molecule has 1 fully saturated rings. The molecule has 0 radical (unpaired) electrons. The van der Waals surface area contributed by atoms with Crippen molar-refractivity contribution in [3.63, 3.8) is 0 Å². The van der Waals surface area contributed by atoms with Crippen LogP contribution in [0.4, 0.5) is 0 Å². The van der Waals surface area contributed by atoms with Crippen molar-refractivity contribution in [1.29, 1.82) is 0 Å². The van der Waals surface area contributed by atoms with Gasteiger partial charge in [0.15, 0.2) is 0 Å². The topological polar surface area (TPSA) is 26.3 Å². The van der Waals surface area contributed by atoms with Crippen molar-refractivity contribution >= 4 is 5.97 Å². The third-order valence-electron chi connectivity index (χ3n) is 6.53. The van der Waals surface area contributed by atoms with Crippen LogP contribution >= 0.6 is 0 Å². The number of hydrogen-bond acceptors (Lipinski definition) is 2. The molecule has 1 atom stereocenters. The van der Waals surface area contributed by atoms with E-state index in [0.717, 1.165) is 43.1 Å². The van der Waals surface area contributed by atoms with Crippen LogP contribution in [-0.2, 0) is 9.53 Å². The first-order valence-electron chi connectivity index (χ1n) is 11.2. The Morgan fingerprint density at radius 1 is 0.926 bits per heavy atom. The summed E-state index contributed by atoms with van der Waals surface area (Å²) in [4.78, 5) is 12.0. The Kier molecular flexibility index (Phi) is 7.55. The Bertz CT molecular complexity index is 620. The van der Waals surface area contributed by atoms with Crippen LogP contribution in [0.15, 0.2) is 35.9 Å². The molecule has 0 spiro atoms. The second kappa shape index (κ2) is 10.1. The van der Waals surface area contributed by atoms with Crippen LogP contribution < -0.4 is 0 Å². The fraction of sp³-hybridized carbons (Fsp3) is 0.640. The molecule has 0 N–H and O–H groups in total. The van der Waals surface area contributed by atoms with Gasteiger partial charge in [-0.05, 0) is 80.2 Å². The van der Waals surface area contributed by atoms with Crippen LogP contribution in [0.2, 0.25) is 0 Å². The Morgan fingerprint density at radius 3 is 2.15 bits per heavy atom. The van der Waals surface area contributed by atoms with Gasteiger partial charge in [-0.1, -0.05) is 57.0 Å². The summed E-state index contributed by atoms with van der Waals surface area (Å²) in [7, 11) is 0. The Hall–Kier alpha value is -1.57. The molecule has 1 aromatic rings. The van der Waals surface area contributed by atoms with Crippen LogP contribution in [0.5, 0.6) is 0 Å². The summed E-state index contributed by atoms with van der Waals surface area (Å²) in [6.07, 6.45) is 14.1. The standard InChI is InChI=1S/C25H36O2/c1-3-5-19-6-8-20(9-7-19)21-10-12-22(13-11-21)23-14-16-24(17-15-23)25(26)27-18-4-2/h10-13,16,19-20,23H,3-9,14-15,17-18H2,1-2H3/t19-,20-,23?. The summed E-state index contributed by atoms with van der Waals surface area (Å²) < 4.78 is 5.27. The number of allylic oxidation sites excluding steroid dienone is 1. The highest BCUT2D eigenvalue weighted by Crippen LogP contribution is 2.38. The SMILES string of the molecule is CCCOC(=O)C1=CCC(c2ccc([C@H]3CC[C@H](CCC)CC3)cc2)CC1. The van der Waals surface area contributed by atoms with Crippen molar-refractivity contribution in [3.05, 3.63) is 47.0 Å². The molecule has 2 heteroatoms. The smallest absolute Gasteiger partial charge is 0.333 e. The van der Waals surface area contributed by atoms with Crippen molar-refractivity contribution < 1.29 is 9.53 Å². The lowest BCUT2D eigenvalue weighted by Gasteiger charge is -2.29. The summed E-state index contributed by atoms with van der Waals surface area (Å²) in [5, 5.41) is 0. The summed E-state index contributed by atoms with van der Waals surface area (Å²) in [6.45, 7) is 4.86. The lowest BCUT2D eigenvalue weighted by atomic mass is 9.76. The highest BCUT2D eigenvalue weighted by atomic mass is 16.5. The molecule has 0 aromatic heterocycles. The molecule has 1 unspecified atom stereocenters. The van der Waals surface area contributed by atoms with E-state index in [9.17, 15) is 4.79 Å². The predicted octanol–water partition coefficient (Wildman–Crippen LogP) is 6.91. The number of carbonyl (C=O) groups excluding carboxylic acids is 1. The zero-order valence-electron chi connectivity index (χ0n) is 17.2. The highest BCUT2D eigenvalue weighted by molar-refractivity contribution is 5.88. The maximum atomic E-state index is 12.0. The fourth-order valence-electron chi connectivity index (χ4n) is 4.84. The molecule has 148 valence electrons. The minimum atomic E-state index is -0.107. The monoisotopic (exact) mass is 368 g/mol. The zero-order valence-corrected chi connectivity index (χ0v) is 17.2. The highest BCUT2D eigenvalue weighted by Gasteiger charge is 2.23. The van der Waals surface area contributed by atoms with Crippen molar-refractivity contribution in [3.8, 4) is 0 Å². The van der Waals surface area contributed by atoms with Crippen LogP contribution in [0, 0.1) is 5.92 Å². The van der Waals surface area contributed by atoms with Crippen molar-refractivity contribution in [2.45, 2.75) is 89.9 Å². The van der Waals surface area contributed by atoms with Gasteiger partial charge in [0.2, 0.25) is 0 Å². The van der Waals surface area contributed by atoms with E-state index in [-0.39, 0.29) is 5.97 Å². The second-order valence-corrected chi connectivity index (χ2v) is 8.51. The van der Waals surface area contributed by atoms with Crippen LogP contribution in [-0.4, -0.2) is 12.6 Å². The minimum Gasteiger partial charge on any atom is -0.462 e. The van der Waals surface area contributed by atoms with Gasteiger partial charge in [-0.3, -0.25) is 0 Å². The maximum Gasteiger partial charge on any atom is 0.333 e. The fourth-order valence-corrected chi connectivity index (χ4v) is 4.84. The third kappa shape index (κ3) is 5.46. The van der Waals surface area contributed by atoms with Crippen LogP contribution in [0.25, 0.3) is 0 Å². The van der Waals surface area contributed by atoms with E-state index in [2.05, 4.69) is 37.3 Å². The van der Waals surface area contributed by atoms with Crippen molar-refractivity contribution in [2.24, 2.45) is 5.92 Å². The first kappa shape index (κ1) is 20.2. The van der Waals surface area contributed by atoms with E-state index in [4.69, 9.17) is 4.74 Å². The number of hydrogen-bond donors (Lipinski definition) is 0. The number of benzene rings is 1. The molecule has 2 aliphatic rings. The van der Waals surface area contributed by atoms with Crippen LogP contribution in [0.1, 0.15) is 101 Å². The molecule has 0 bridgehead atoms. The van der Waals surface area contributed by atoms with Gasteiger partial charge in [-0.2, -0.15) is 0 Å². The first-order chi connectivity index (χ1) is 13.2. The molecule has 1 aromatic carbocycles. The van der Waals surface area contributed by atoms with Gasteiger partial charge < -0.3 is 4.74 Å². The van der Waals surface area contributed by atoms with E-state index in [1.54, 1.807) is 0 Å². The zero-order chi connectivity index (χ0) is 19.1. The average Bonchev–Trinajstić information content (AvgIpc) is 2.73. The van der Waals surface area contributed by atoms with E-state index in [1.807, 2.05) is 6.92 Å².